The Labute approximate surface area is 175 Å². The summed E-state index contributed by atoms with van der Waals surface area (Å²) in [4.78, 5) is 17.9. The van der Waals surface area contributed by atoms with Crippen LogP contribution in [-0.2, 0) is 21.2 Å². The van der Waals surface area contributed by atoms with Gasteiger partial charge < -0.3 is 5.32 Å². The summed E-state index contributed by atoms with van der Waals surface area (Å²) >= 11 is 7.62. The molecule has 3 rings (SSSR count). The van der Waals surface area contributed by atoms with Gasteiger partial charge in [0.25, 0.3) is 0 Å². The molecular formula is C19H24ClN3O3S2. The number of anilines is 1. The number of nitrogens with one attached hydrogen (secondary N) is 1. The van der Waals surface area contributed by atoms with Crippen molar-refractivity contribution in [2.75, 3.05) is 24.2 Å². The van der Waals surface area contributed by atoms with Crippen LogP contribution >= 0.6 is 22.9 Å². The van der Waals surface area contributed by atoms with E-state index in [1.165, 1.54) is 15.6 Å². The average molecular weight is 442 g/mol. The fraction of sp³-hybridized carbons (Fsp3) is 0.474. The highest BCUT2D eigenvalue weighted by Crippen LogP contribution is 2.26. The third-order valence-electron chi connectivity index (χ3n) is 4.98. The lowest BCUT2D eigenvalue weighted by Crippen LogP contribution is -2.42. The fourth-order valence-corrected chi connectivity index (χ4v) is 5.37. The van der Waals surface area contributed by atoms with Crippen LogP contribution in [0.15, 0.2) is 24.4 Å². The molecular weight excluding hydrogens is 418 g/mol. The van der Waals surface area contributed by atoms with Gasteiger partial charge in [0.15, 0.2) is 5.13 Å². The molecule has 1 aromatic heterocycles. The van der Waals surface area contributed by atoms with Gasteiger partial charge in [0.1, 0.15) is 0 Å². The van der Waals surface area contributed by atoms with E-state index in [-0.39, 0.29) is 17.6 Å². The first-order valence-corrected chi connectivity index (χ1v) is 12.1. The molecule has 1 aliphatic rings. The highest BCUT2D eigenvalue weighted by atomic mass is 35.5. The van der Waals surface area contributed by atoms with E-state index >= 15 is 0 Å². The first-order chi connectivity index (χ1) is 13.3. The van der Waals surface area contributed by atoms with Crippen LogP contribution < -0.4 is 5.32 Å². The first-order valence-electron chi connectivity index (χ1n) is 9.27. The molecule has 0 unspecified atom stereocenters. The van der Waals surface area contributed by atoms with Crippen molar-refractivity contribution in [3.8, 4) is 0 Å². The molecule has 6 nitrogen and oxygen atoms in total. The van der Waals surface area contributed by atoms with Crippen molar-refractivity contribution >= 4 is 44.0 Å². The van der Waals surface area contributed by atoms with Crippen LogP contribution in [0.1, 0.15) is 35.8 Å². The molecule has 2 heterocycles. The van der Waals surface area contributed by atoms with E-state index < -0.39 is 10.0 Å². The summed E-state index contributed by atoms with van der Waals surface area (Å²) in [7, 11) is -3.18. The molecule has 0 atom stereocenters. The molecule has 1 aromatic carbocycles. The van der Waals surface area contributed by atoms with Crippen LogP contribution in [0.4, 0.5) is 5.13 Å². The number of thiazole rings is 1. The van der Waals surface area contributed by atoms with Gasteiger partial charge in [-0.25, -0.2) is 17.7 Å². The molecule has 1 N–H and O–H groups in total. The monoisotopic (exact) mass is 441 g/mol. The molecule has 0 bridgehead atoms. The molecule has 0 spiro atoms. The van der Waals surface area contributed by atoms with Crippen molar-refractivity contribution in [3.05, 3.63) is 45.4 Å². The summed E-state index contributed by atoms with van der Waals surface area (Å²) in [6.45, 7) is 4.39. The van der Waals surface area contributed by atoms with Crippen LogP contribution in [-0.4, -0.2) is 42.5 Å². The van der Waals surface area contributed by atoms with Crippen molar-refractivity contribution in [3.63, 3.8) is 0 Å². The number of piperidine rings is 1. The van der Waals surface area contributed by atoms with Crippen molar-refractivity contribution in [1.29, 1.82) is 0 Å². The number of aryl methyl sites for hydroxylation is 1. The molecule has 0 aliphatic carbocycles. The zero-order chi connectivity index (χ0) is 20.3. The molecule has 2 aromatic rings. The number of halogens is 1. The van der Waals surface area contributed by atoms with Crippen LogP contribution in [0.25, 0.3) is 0 Å². The Kier molecular flexibility index (Phi) is 6.75. The largest absolute Gasteiger partial charge is 0.302 e. The van der Waals surface area contributed by atoms with Crippen molar-refractivity contribution < 1.29 is 13.2 Å². The Bertz CT molecular complexity index is 951. The third kappa shape index (κ3) is 5.11. The number of amides is 1. The minimum Gasteiger partial charge on any atom is -0.302 e. The first kappa shape index (κ1) is 21.2. The molecule has 9 heteroatoms. The lowest BCUT2D eigenvalue weighted by molar-refractivity contribution is -0.120. The summed E-state index contributed by atoms with van der Waals surface area (Å²) < 4.78 is 25.3. The molecule has 28 heavy (non-hydrogen) atoms. The topological polar surface area (TPSA) is 79.4 Å². The van der Waals surface area contributed by atoms with Gasteiger partial charge >= 0.3 is 0 Å². The Balaban J connectivity index is 1.55. The van der Waals surface area contributed by atoms with Gasteiger partial charge in [-0.1, -0.05) is 23.7 Å². The minimum absolute atomic E-state index is 0.0900. The third-order valence-corrected chi connectivity index (χ3v) is 8.18. The SMILES string of the molecule is CCS(=O)(=O)N1CCC(C(=O)Nc2ncc(Cc3ccc(C)c(Cl)c3)s2)CC1. The Hall–Kier alpha value is -1.48. The van der Waals surface area contributed by atoms with E-state index in [4.69, 9.17) is 11.6 Å². The van der Waals surface area contributed by atoms with Gasteiger partial charge in [-0.05, 0) is 43.9 Å². The van der Waals surface area contributed by atoms with Gasteiger partial charge in [0.2, 0.25) is 15.9 Å². The zero-order valence-electron chi connectivity index (χ0n) is 15.9. The summed E-state index contributed by atoms with van der Waals surface area (Å²) in [6.07, 6.45) is 3.54. The van der Waals surface area contributed by atoms with Gasteiger partial charge in [-0.3, -0.25) is 4.79 Å². The second-order valence-electron chi connectivity index (χ2n) is 6.96. The number of rotatable bonds is 6. The van der Waals surface area contributed by atoms with Crippen LogP contribution in [0.5, 0.6) is 0 Å². The highest BCUT2D eigenvalue weighted by Gasteiger charge is 2.30. The number of carbonyl (C=O) groups excluding carboxylic acids is 1. The molecule has 0 saturated carbocycles. The van der Waals surface area contributed by atoms with Crippen LogP contribution in [0.3, 0.4) is 0 Å². The zero-order valence-corrected chi connectivity index (χ0v) is 18.3. The maximum Gasteiger partial charge on any atom is 0.229 e. The standard InChI is InChI=1S/C19H24ClN3O3S2/c1-3-28(25,26)23-8-6-15(7-9-23)18(24)22-19-21-12-16(27-19)10-14-5-4-13(2)17(20)11-14/h4-5,11-12,15H,3,6-10H2,1-2H3,(H,21,22,24). The van der Waals surface area contributed by atoms with E-state index in [2.05, 4.69) is 10.3 Å². The van der Waals surface area contributed by atoms with E-state index in [1.54, 1.807) is 13.1 Å². The lowest BCUT2D eigenvalue weighted by Gasteiger charge is -2.30. The number of benzene rings is 1. The molecule has 1 saturated heterocycles. The normalized spacial score (nSPS) is 16.2. The minimum atomic E-state index is -3.18. The Morgan fingerprint density at radius 2 is 2.07 bits per heavy atom. The predicted molar refractivity (Wildman–Crippen MR) is 113 cm³/mol. The molecule has 1 fully saturated rings. The smallest absolute Gasteiger partial charge is 0.229 e. The molecule has 1 aliphatic heterocycles. The van der Waals surface area contributed by atoms with Gasteiger partial charge in [-0.15, -0.1) is 11.3 Å². The summed E-state index contributed by atoms with van der Waals surface area (Å²) in [5.41, 5.74) is 2.14. The van der Waals surface area contributed by atoms with Gasteiger partial charge in [-0.2, -0.15) is 0 Å². The number of aromatic nitrogens is 1. The van der Waals surface area contributed by atoms with Gasteiger partial charge in [0.05, 0.1) is 5.75 Å². The van der Waals surface area contributed by atoms with Crippen molar-refractivity contribution in [2.45, 2.75) is 33.1 Å². The number of hydrogen-bond donors (Lipinski definition) is 1. The molecule has 152 valence electrons. The molecule has 1 amide bonds. The Morgan fingerprint density at radius 3 is 2.71 bits per heavy atom. The summed E-state index contributed by atoms with van der Waals surface area (Å²) in [6, 6.07) is 5.98. The number of sulfonamides is 1. The average Bonchev–Trinajstić information content (AvgIpc) is 3.11. The van der Waals surface area contributed by atoms with Crippen LogP contribution in [0.2, 0.25) is 5.02 Å². The summed E-state index contributed by atoms with van der Waals surface area (Å²) in [5, 5.41) is 4.19. The Morgan fingerprint density at radius 1 is 1.36 bits per heavy atom. The van der Waals surface area contributed by atoms with Crippen molar-refractivity contribution in [2.24, 2.45) is 5.92 Å². The number of hydrogen-bond acceptors (Lipinski definition) is 5. The van der Waals surface area contributed by atoms with E-state index in [0.29, 0.717) is 37.5 Å². The van der Waals surface area contributed by atoms with E-state index in [9.17, 15) is 13.2 Å². The van der Waals surface area contributed by atoms with Gasteiger partial charge in [0, 0.05) is 41.5 Å². The fourth-order valence-electron chi connectivity index (χ4n) is 3.18. The van der Waals surface area contributed by atoms with Crippen molar-refractivity contribution in [1.82, 2.24) is 9.29 Å². The number of nitrogens with zero attached hydrogens (tertiary/aromatic N) is 2. The molecule has 0 radical (unpaired) electrons. The van der Waals surface area contributed by atoms with Crippen LogP contribution in [0, 0.1) is 12.8 Å². The lowest BCUT2D eigenvalue weighted by atomic mass is 9.97. The predicted octanol–water partition coefficient (Wildman–Crippen LogP) is 3.70. The van der Waals surface area contributed by atoms with E-state index in [0.717, 1.165) is 21.0 Å². The quantitative estimate of drug-likeness (QED) is 0.741. The van der Waals surface area contributed by atoms with E-state index in [1.807, 2.05) is 25.1 Å². The maximum absolute atomic E-state index is 12.5. The maximum atomic E-state index is 12.5. The number of carbonyl (C=O) groups is 1. The second kappa shape index (κ2) is 8.90. The second-order valence-corrected chi connectivity index (χ2v) is 10.7. The summed E-state index contributed by atoms with van der Waals surface area (Å²) in [5.74, 6) is -0.183. The highest BCUT2D eigenvalue weighted by molar-refractivity contribution is 7.89.